The van der Waals surface area contributed by atoms with E-state index in [4.69, 9.17) is 15.9 Å². The van der Waals surface area contributed by atoms with Crippen molar-refractivity contribution in [3.63, 3.8) is 0 Å². The van der Waals surface area contributed by atoms with Crippen LogP contribution in [0.5, 0.6) is 0 Å². The summed E-state index contributed by atoms with van der Waals surface area (Å²) in [4.78, 5) is 22.4. The van der Waals surface area contributed by atoms with E-state index >= 15 is 0 Å². The molecule has 1 aromatic carbocycles. The van der Waals surface area contributed by atoms with Crippen LogP contribution >= 0.6 is 0 Å². The third-order valence-corrected chi connectivity index (χ3v) is 2.21. The zero-order chi connectivity index (χ0) is 12.8. The van der Waals surface area contributed by atoms with E-state index in [0.717, 1.165) is 0 Å². The summed E-state index contributed by atoms with van der Waals surface area (Å²) in [6.07, 6.45) is 0. The molecule has 0 fully saturated rings. The Morgan fingerprint density at radius 1 is 1.12 bits per heavy atom. The van der Waals surface area contributed by atoms with Crippen LogP contribution in [0.1, 0.15) is 20.7 Å². The van der Waals surface area contributed by atoms with Crippen LogP contribution in [0.25, 0.3) is 0 Å². The molecule has 0 atom stereocenters. The van der Waals surface area contributed by atoms with Gasteiger partial charge in [-0.05, 0) is 24.3 Å². The van der Waals surface area contributed by atoms with Crippen molar-refractivity contribution >= 4 is 11.8 Å². The predicted octanol–water partition coefficient (Wildman–Crippen LogP) is -1.13. The minimum Gasteiger partial charge on any atom is -0.394 e. The Hall–Kier alpha value is -1.92. The second kappa shape index (κ2) is 5.97. The Labute approximate surface area is 98.1 Å². The highest BCUT2D eigenvalue weighted by Crippen LogP contribution is 2.04. The number of hydrogen-bond donors (Lipinski definition) is 4. The summed E-state index contributed by atoms with van der Waals surface area (Å²) in [6, 6.07) is 5.06. The van der Waals surface area contributed by atoms with Gasteiger partial charge in [0.2, 0.25) is 5.91 Å². The number of rotatable bonds is 5. The maximum Gasteiger partial charge on any atom is 0.251 e. The van der Waals surface area contributed by atoms with Gasteiger partial charge in [0, 0.05) is 11.1 Å². The molecular formula is C11H14N2O4. The number of amides is 2. The molecule has 17 heavy (non-hydrogen) atoms. The average molecular weight is 238 g/mol. The molecule has 0 aromatic heterocycles. The number of aliphatic hydroxyl groups is 2. The molecule has 0 saturated heterocycles. The molecule has 0 heterocycles. The second-order valence-electron chi connectivity index (χ2n) is 3.48. The van der Waals surface area contributed by atoms with Crippen molar-refractivity contribution in [2.75, 3.05) is 13.2 Å². The fourth-order valence-corrected chi connectivity index (χ4v) is 1.20. The topological polar surface area (TPSA) is 113 Å². The fourth-order valence-electron chi connectivity index (χ4n) is 1.20. The first-order valence-corrected chi connectivity index (χ1v) is 5.01. The molecule has 0 aliphatic heterocycles. The average Bonchev–Trinajstić information content (AvgIpc) is 2.35. The first-order chi connectivity index (χ1) is 8.08. The number of nitrogens with one attached hydrogen (secondary N) is 1. The zero-order valence-corrected chi connectivity index (χ0v) is 9.09. The minimum absolute atomic E-state index is 0.308. The molecule has 0 aliphatic rings. The molecule has 6 nitrogen and oxygen atoms in total. The molecule has 0 saturated carbocycles. The molecule has 0 aliphatic carbocycles. The standard InChI is InChI=1S/C11H14N2O4/c12-10(16)7-1-3-8(4-2-7)11(17)13-9(5-14)6-15/h1-4,9,14-15H,5-6H2,(H2,12,16)(H,13,17). The van der Waals surface area contributed by atoms with Crippen LogP contribution in [0.2, 0.25) is 0 Å². The van der Waals surface area contributed by atoms with Crippen molar-refractivity contribution < 1.29 is 19.8 Å². The summed E-state index contributed by atoms with van der Waals surface area (Å²) >= 11 is 0. The molecule has 5 N–H and O–H groups in total. The van der Waals surface area contributed by atoms with E-state index < -0.39 is 17.9 Å². The van der Waals surface area contributed by atoms with Crippen molar-refractivity contribution in [1.29, 1.82) is 0 Å². The Kier molecular flexibility index (Phi) is 4.62. The monoisotopic (exact) mass is 238 g/mol. The van der Waals surface area contributed by atoms with Gasteiger partial charge in [0.25, 0.3) is 5.91 Å². The third-order valence-electron chi connectivity index (χ3n) is 2.21. The number of nitrogens with two attached hydrogens (primary N) is 1. The van der Waals surface area contributed by atoms with Gasteiger partial charge >= 0.3 is 0 Å². The highest BCUT2D eigenvalue weighted by molar-refractivity contribution is 5.97. The molecule has 0 bridgehead atoms. The normalized spacial score (nSPS) is 10.3. The first-order valence-electron chi connectivity index (χ1n) is 5.01. The number of carbonyl (C=O) groups is 2. The van der Waals surface area contributed by atoms with Gasteiger partial charge in [-0.15, -0.1) is 0 Å². The first kappa shape index (κ1) is 13.1. The molecule has 2 amide bonds. The molecule has 0 unspecified atom stereocenters. The van der Waals surface area contributed by atoms with Gasteiger partial charge in [0.05, 0.1) is 19.3 Å². The van der Waals surface area contributed by atoms with Crippen molar-refractivity contribution in [2.45, 2.75) is 6.04 Å². The van der Waals surface area contributed by atoms with Crippen LogP contribution in [-0.2, 0) is 0 Å². The van der Waals surface area contributed by atoms with E-state index in [1.807, 2.05) is 0 Å². The summed E-state index contributed by atoms with van der Waals surface area (Å²) in [5.41, 5.74) is 5.69. The van der Waals surface area contributed by atoms with E-state index in [1.54, 1.807) is 0 Å². The number of primary amides is 1. The van der Waals surface area contributed by atoms with Crippen LogP contribution in [-0.4, -0.2) is 41.3 Å². The van der Waals surface area contributed by atoms with Gasteiger partial charge in [-0.25, -0.2) is 0 Å². The number of aliphatic hydroxyl groups excluding tert-OH is 2. The van der Waals surface area contributed by atoms with E-state index in [2.05, 4.69) is 5.32 Å². The molecule has 92 valence electrons. The fraction of sp³-hybridized carbons (Fsp3) is 0.273. The van der Waals surface area contributed by atoms with Crippen LogP contribution in [0.15, 0.2) is 24.3 Å². The van der Waals surface area contributed by atoms with Crippen LogP contribution in [0, 0.1) is 0 Å². The molecular weight excluding hydrogens is 224 g/mol. The Bertz CT molecular complexity index is 398. The van der Waals surface area contributed by atoms with E-state index in [-0.39, 0.29) is 13.2 Å². The molecule has 1 rings (SSSR count). The molecule has 6 heteroatoms. The quantitative estimate of drug-likeness (QED) is 0.519. The third kappa shape index (κ3) is 3.54. The zero-order valence-electron chi connectivity index (χ0n) is 9.09. The molecule has 1 aromatic rings. The summed E-state index contributed by atoms with van der Waals surface area (Å²) in [6.45, 7) is -0.691. The number of carbonyl (C=O) groups excluding carboxylic acids is 2. The highest BCUT2D eigenvalue weighted by Gasteiger charge is 2.12. The SMILES string of the molecule is NC(=O)c1ccc(C(=O)NC(CO)CO)cc1. The molecule has 0 radical (unpaired) electrons. The predicted molar refractivity (Wildman–Crippen MR) is 60.4 cm³/mol. The van der Waals surface area contributed by atoms with Crippen molar-refractivity contribution in [3.8, 4) is 0 Å². The van der Waals surface area contributed by atoms with Crippen LogP contribution < -0.4 is 11.1 Å². The maximum absolute atomic E-state index is 11.6. The Balaban J connectivity index is 2.73. The molecule has 0 spiro atoms. The lowest BCUT2D eigenvalue weighted by Crippen LogP contribution is -2.40. The van der Waals surface area contributed by atoms with Gasteiger partial charge in [0.15, 0.2) is 0 Å². The lowest BCUT2D eigenvalue weighted by Gasteiger charge is -2.13. The maximum atomic E-state index is 11.6. The summed E-state index contributed by atoms with van der Waals surface area (Å²) in [5.74, 6) is -1.00. The second-order valence-corrected chi connectivity index (χ2v) is 3.48. The van der Waals surface area contributed by atoms with Gasteiger partial charge in [-0.2, -0.15) is 0 Å². The summed E-state index contributed by atoms with van der Waals surface area (Å²) in [5, 5.41) is 20.0. The Morgan fingerprint density at radius 2 is 1.59 bits per heavy atom. The highest BCUT2D eigenvalue weighted by atomic mass is 16.3. The van der Waals surface area contributed by atoms with Crippen LogP contribution in [0.4, 0.5) is 0 Å². The largest absolute Gasteiger partial charge is 0.394 e. The van der Waals surface area contributed by atoms with Gasteiger partial charge < -0.3 is 21.3 Å². The van der Waals surface area contributed by atoms with Crippen molar-refractivity contribution in [3.05, 3.63) is 35.4 Å². The van der Waals surface area contributed by atoms with E-state index in [9.17, 15) is 9.59 Å². The van der Waals surface area contributed by atoms with Gasteiger partial charge in [-0.1, -0.05) is 0 Å². The minimum atomic E-state index is -0.696. The number of hydrogen-bond acceptors (Lipinski definition) is 4. The summed E-state index contributed by atoms with van der Waals surface area (Å²) < 4.78 is 0. The van der Waals surface area contributed by atoms with E-state index in [0.29, 0.717) is 11.1 Å². The van der Waals surface area contributed by atoms with Crippen molar-refractivity contribution in [1.82, 2.24) is 5.32 Å². The van der Waals surface area contributed by atoms with Gasteiger partial charge in [0.1, 0.15) is 0 Å². The Morgan fingerprint density at radius 3 is 2.00 bits per heavy atom. The lowest BCUT2D eigenvalue weighted by molar-refractivity contribution is 0.0878. The smallest absolute Gasteiger partial charge is 0.251 e. The van der Waals surface area contributed by atoms with Crippen LogP contribution in [0.3, 0.4) is 0 Å². The lowest BCUT2D eigenvalue weighted by atomic mass is 10.1. The number of benzene rings is 1. The van der Waals surface area contributed by atoms with Gasteiger partial charge in [-0.3, -0.25) is 9.59 Å². The van der Waals surface area contributed by atoms with Crippen molar-refractivity contribution in [2.24, 2.45) is 5.73 Å². The van der Waals surface area contributed by atoms with E-state index in [1.165, 1.54) is 24.3 Å². The summed E-state index contributed by atoms with van der Waals surface area (Å²) in [7, 11) is 0.